The largest absolute Gasteiger partial charge is 0.492 e. The van der Waals surface area contributed by atoms with Crippen LogP contribution in [0.15, 0.2) is 41.5 Å². The molecule has 1 fully saturated rings. The number of pyridine rings is 2. The summed E-state index contributed by atoms with van der Waals surface area (Å²) in [7, 11) is 0. The molecule has 2 aromatic rings. The maximum absolute atomic E-state index is 13.0. The normalized spacial score (nSPS) is 17.0. The first kappa shape index (κ1) is 24.4. The van der Waals surface area contributed by atoms with Crippen LogP contribution in [0, 0.1) is 5.92 Å². The number of H-pyrrole nitrogens is 1. The smallest absolute Gasteiger partial charge is 0.255 e. The van der Waals surface area contributed by atoms with E-state index in [1.807, 2.05) is 20.8 Å². The first-order chi connectivity index (χ1) is 15.6. The maximum atomic E-state index is 13.0. The molecule has 9 nitrogen and oxygen atoms in total. The summed E-state index contributed by atoms with van der Waals surface area (Å²) in [5.74, 6) is 1.25. The molecule has 2 N–H and O–H groups in total. The quantitative estimate of drug-likeness (QED) is 0.664. The summed E-state index contributed by atoms with van der Waals surface area (Å²) >= 11 is 0. The van der Waals surface area contributed by atoms with Crippen LogP contribution < -0.4 is 15.6 Å². The molecular formula is C24H33N5O4. The second kappa shape index (κ2) is 10.2. The van der Waals surface area contributed by atoms with Gasteiger partial charge in [0.05, 0.1) is 29.9 Å². The number of ether oxygens (including phenoxy) is 1. The fraction of sp³-hybridized carbons (Fsp3) is 0.500. The van der Waals surface area contributed by atoms with Gasteiger partial charge in [0, 0.05) is 31.9 Å². The van der Waals surface area contributed by atoms with Gasteiger partial charge in [-0.15, -0.1) is 0 Å². The molecule has 0 aliphatic carbocycles. The number of carbonyl (C=O) groups excluding carboxylic acids is 2. The Morgan fingerprint density at radius 1 is 1.18 bits per heavy atom. The van der Waals surface area contributed by atoms with Gasteiger partial charge in [0.15, 0.2) is 0 Å². The van der Waals surface area contributed by atoms with Gasteiger partial charge in [0.25, 0.3) is 5.91 Å². The van der Waals surface area contributed by atoms with Gasteiger partial charge >= 0.3 is 0 Å². The van der Waals surface area contributed by atoms with E-state index >= 15 is 0 Å². The summed E-state index contributed by atoms with van der Waals surface area (Å²) < 4.78 is 5.63. The number of aromatic nitrogens is 2. The van der Waals surface area contributed by atoms with Crippen molar-refractivity contribution in [1.29, 1.82) is 0 Å². The van der Waals surface area contributed by atoms with Gasteiger partial charge in [0.1, 0.15) is 11.6 Å². The van der Waals surface area contributed by atoms with E-state index in [9.17, 15) is 14.4 Å². The number of aromatic amines is 1. The molecule has 2 aromatic heterocycles. The fourth-order valence-corrected chi connectivity index (χ4v) is 3.80. The van der Waals surface area contributed by atoms with Crippen molar-refractivity contribution in [3.8, 4) is 5.75 Å². The summed E-state index contributed by atoms with van der Waals surface area (Å²) in [6.07, 6.45) is 3.04. The van der Waals surface area contributed by atoms with E-state index in [-0.39, 0.29) is 17.4 Å². The van der Waals surface area contributed by atoms with Gasteiger partial charge in [-0.1, -0.05) is 13.8 Å². The summed E-state index contributed by atoms with van der Waals surface area (Å²) in [6, 6.07) is 6.00. The molecule has 33 heavy (non-hydrogen) atoms. The molecule has 3 heterocycles. The topological polar surface area (TPSA) is 108 Å². The Kier molecular flexibility index (Phi) is 7.53. The molecular weight excluding hydrogens is 422 g/mol. The Morgan fingerprint density at radius 3 is 2.52 bits per heavy atom. The fourth-order valence-electron chi connectivity index (χ4n) is 3.80. The number of rotatable bonds is 7. The number of hydrogen-bond acceptors (Lipinski definition) is 6. The van der Waals surface area contributed by atoms with Crippen LogP contribution in [0.2, 0.25) is 0 Å². The van der Waals surface area contributed by atoms with Crippen molar-refractivity contribution in [2.24, 2.45) is 5.92 Å². The Labute approximate surface area is 194 Å². The summed E-state index contributed by atoms with van der Waals surface area (Å²) in [5, 5.41) is 2.86. The van der Waals surface area contributed by atoms with E-state index < -0.39 is 11.6 Å². The monoisotopic (exact) mass is 455 g/mol. The van der Waals surface area contributed by atoms with Crippen molar-refractivity contribution in [2.75, 3.05) is 31.6 Å². The minimum absolute atomic E-state index is 0.142. The molecule has 0 saturated carbocycles. The van der Waals surface area contributed by atoms with Crippen molar-refractivity contribution in [1.82, 2.24) is 19.8 Å². The predicted octanol–water partition coefficient (Wildman–Crippen LogP) is 2.37. The lowest BCUT2D eigenvalue weighted by molar-refractivity contribution is -0.122. The molecule has 1 unspecified atom stereocenters. The van der Waals surface area contributed by atoms with Gasteiger partial charge in [0.2, 0.25) is 11.5 Å². The number of amides is 2. The molecule has 1 aliphatic rings. The van der Waals surface area contributed by atoms with Crippen molar-refractivity contribution < 1.29 is 14.3 Å². The second-order valence-electron chi connectivity index (χ2n) is 9.43. The van der Waals surface area contributed by atoms with Crippen LogP contribution in [-0.2, 0) is 4.79 Å². The van der Waals surface area contributed by atoms with E-state index in [2.05, 4.69) is 34.0 Å². The lowest BCUT2D eigenvalue weighted by Crippen LogP contribution is -2.63. The van der Waals surface area contributed by atoms with Crippen molar-refractivity contribution >= 4 is 17.6 Å². The van der Waals surface area contributed by atoms with Crippen molar-refractivity contribution in [2.45, 2.75) is 46.2 Å². The van der Waals surface area contributed by atoms with E-state index in [1.54, 1.807) is 23.2 Å². The average molecular weight is 456 g/mol. The lowest BCUT2D eigenvalue weighted by atomic mass is 9.96. The van der Waals surface area contributed by atoms with Gasteiger partial charge < -0.3 is 19.9 Å². The third kappa shape index (κ3) is 6.19. The molecule has 1 saturated heterocycles. The summed E-state index contributed by atoms with van der Waals surface area (Å²) in [4.78, 5) is 47.8. The highest BCUT2D eigenvalue weighted by atomic mass is 16.5. The van der Waals surface area contributed by atoms with Crippen LogP contribution in [0.4, 0.5) is 5.82 Å². The summed E-state index contributed by atoms with van der Waals surface area (Å²) in [5.41, 5.74) is -0.301. The number of carbonyl (C=O) groups is 2. The number of nitrogens with zero attached hydrogens (tertiary/aromatic N) is 3. The average Bonchev–Trinajstić information content (AvgIpc) is 2.77. The molecule has 0 aromatic carbocycles. The highest BCUT2D eigenvalue weighted by molar-refractivity contribution is 5.95. The molecule has 0 spiro atoms. The predicted molar refractivity (Wildman–Crippen MR) is 126 cm³/mol. The highest BCUT2D eigenvalue weighted by Crippen LogP contribution is 2.25. The molecule has 1 aliphatic heterocycles. The Bertz CT molecular complexity index is 1010. The first-order valence-electron chi connectivity index (χ1n) is 11.2. The van der Waals surface area contributed by atoms with E-state index in [0.717, 1.165) is 0 Å². The van der Waals surface area contributed by atoms with Crippen LogP contribution in [0.1, 0.15) is 45.0 Å². The summed E-state index contributed by atoms with van der Waals surface area (Å²) in [6.45, 7) is 12.1. The minimum atomic E-state index is -0.492. The standard InChI is InChI=1S/C24H33N5O4/c1-16(2)14-33-19-7-8-20(25-13-19)27-22(31)17(3)28-10-11-29(24(4,5)15-28)23(32)18-6-9-21(30)26-12-18/h6-9,12-13,16-17H,10-11,14-15H2,1-5H3,(H,26,30)(H,25,27,31). The third-order valence-corrected chi connectivity index (χ3v) is 5.71. The molecule has 0 radical (unpaired) electrons. The number of piperazine rings is 1. The molecule has 3 rings (SSSR count). The molecule has 1 atom stereocenters. The zero-order valence-electron chi connectivity index (χ0n) is 19.9. The number of anilines is 1. The van der Waals surface area contributed by atoms with Gasteiger partial charge in [-0.25, -0.2) is 4.98 Å². The SMILES string of the molecule is CC(C)COc1ccc(NC(=O)C(C)N2CCN(C(=O)c3ccc(=O)[nH]c3)C(C)(C)C2)nc1. The lowest BCUT2D eigenvalue weighted by Gasteiger charge is -2.48. The van der Waals surface area contributed by atoms with Crippen LogP contribution >= 0.6 is 0 Å². The van der Waals surface area contributed by atoms with E-state index in [4.69, 9.17) is 4.74 Å². The van der Waals surface area contributed by atoms with Crippen LogP contribution in [0.25, 0.3) is 0 Å². The Morgan fingerprint density at radius 2 is 1.94 bits per heavy atom. The third-order valence-electron chi connectivity index (χ3n) is 5.71. The molecule has 0 bridgehead atoms. The number of nitrogens with one attached hydrogen (secondary N) is 2. The Hall–Kier alpha value is -3.20. The maximum Gasteiger partial charge on any atom is 0.255 e. The van der Waals surface area contributed by atoms with Gasteiger partial charge in [-0.3, -0.25) is 19.3 Å². The second-order valence-corrected chi connectivity index (χ2v) is 9.43. The Balaban J connectivity index is 1.59. The van der Waals surface area contributed by atoms with Crippen LogP contribution in [0.5, 0.6) is 5.75 Å². The van der Waals surface area contributed by atoms with Crippen molar-refractivity contribution in [3.05, 3.63) is 52.6 Å². The molecule has 2 amide bonds. The van der Waals surface area contributed by atoms with Gasteiger partial charge in [-0.05, 0) is 44.9 Å². The minimum Gasteiger partial charge on any atom is -0.492 e. The first-order valence-corrected chi connectivity index (χ1v) is 11.2. The van der Waals surface area contributed by atoms with Crippen LogP contribution in [0.3, 0.4) is 0 Å². The zero-order valence-corrected chi connectivity index (χ0v) is 19.9. The van der Waals surface area contributed by atoms with E-state index in [1.165, 1.54) is 18.3 Å². The number of hydrogen-bond donors (Lipinski definition) is 2. The van der Waals surface area contributed by atoms with E-state index in [0.29, 0.717) is 49.3 Å². The zero-order chi connectivity index (χ0) is 24.2. The van der Waals surface area contributed by atoms with Crippen molar-refractivity contribution in [3.63, 3.8) is 0 Å². The highest BCUT2D eigenvalue weighted by Gasteiger charge is 2.39. The molecule has 9 heteroatoms. The van der Waals surface area contributed by atoms with Gasteiger partial charge in [-0.2, -0.15) is 0 Å². The van der Waals surface area contributed by atoms with Crippen LogP contribution in [-0.4, -0.2) is 69.4 Å². The molecule has 178 valence electrons.